The van der Waals surface area contributed by atoms with Crippen LogP contribution in [0.4, 0.5) is 13.2 Å². The Hall–Kier alpha value is -1.94. The third-order valence-electron chi connectivity index (χ3n) is 5.56. The van der Waals surface area contributed by atoms with Crippen molar-refractivity contribution in [3.63, 3.8) is 0 Å². The lowest BCUT2D eigenvalue weighted by Gasteiger charge is -2.41. The average Bonchev–Trinajstić information content (AvgIpc) is 2.68. The molecule has 0 radical (unpaired) electrons. The monoisotopic (exact) mass is 483 g/mol. The second-order valence-corrected chi connectivity index (χ2v) is 16.3. The molecule has 2 aromatic carbocycles. The van der Waals surface area contributed by atoms with Gasteiger partial charge in [-0.25, -0.2) is 8.42 Å². The van der Waals surface area contributed by atoms with Gasteiger partial charge in [-0.2, -0.15) is 17.5 Å². The van der Waals surface area contributed by atoms with Gasteiger partial charge in [0.2, 0.25) is 10.0 Å². The third-order valence-corrected chi connectivity index (χ3v) is 8.63. The molecule has 1 N–H and O–H groups in total. The molecule has 3 rings (SSSR count). The molecule has 1 aliphatic heterocycles. The summed E-state index contributed by atoms with van der Waals surface area (Å²) in [6, 6.07) is 11.1. The van der Waals surface area contributed by atoms with E-state index in [4.69, 9.17) is 0 Å². The first-order chi connectivity index (χ1) is 14.6. The van der Waals surface area contributed by atoms with E-state index >= 15 is 0 Å². The van der Waals surface area contributed by atoms with Crippen molar-refractivity contribution in [1.82, 2.24) is 4.31 Å². The number of hydrogen-bond acceptors (Lipinski definition) is 3. The number of rotatable bonds is 4. The predicted molar refractivity (Wildman–Crippen MR) is 121 cm³/mol. The van der Waals surface area contributed by atoms with Crippen LogP contribution in [0.1, 0.15) is 23.1 Å². The fourth-order valence-electron chi connectivity index (χ4n) is 3.86. The summed E-state index contributed by atoms with van der Waals surface area (Å²) in [6.45, 7) is 8.08. The van der Waals surface area contributed by atoms with Gasteiger partial charge in [-0.3, -0.25) is 0 Å². The Bertz CT molecular complexity index is 1110. The number of hydrogen-bond donors (Lipinski definition) is 1. The van der Waals surface area contributed by atoms with Crippen LogP contribution in [0.15, 0.2) is 64.7 Å². The summed E-state index contributed by atoms with van der Waals surface area (Å²) in [5.74, 6) is 0. The van der Waals surface area contributed by atoms with Crippen LogP contribution in [0.5, 0.6) is 0 Å². The van der Waals surface area contributed by atoms with Gasteiger partial charge in [0.05, 0.1) is 18.5 Å². The lowest BCUT2D eigenvalue weighted by atomic mass is 9.81. The zero-order valence-corrected chi connectivity index (χ0v) is 20.4. The third kappa shape index (κ3) is 5.17. The highest BCUT2D eigenvalue weighted by atomic mass is 32.2. The Morgan fingerprint density at radius 2 is 1.59 bits per heavy atom. The molecule has 32 heavy (non-hydrogen) atoms. The lowest BCUT2D eigenvalue weighted by Crippen LogP contribution is -2.47. The normalized spacial score (nSPS) is 22.3. The first kappa shape index (κ1) is 24.7. The van der Waals surface area contributed by atoms with E-state index in [2.05, 4.69) is 19.6 Å². The van der Waals surface area contributed by atoms with Crippen LogP contribution in [0.3, 0.4) is 0 Å². The van der Waals surface area contributed by atoms with E-state index in [1.54, 1.807) is 24.3 Å². The van der Waals surface area contributed by atoms with Crippen molar-refractivity contribution in [1.29, 1.82) is 0 Å². The molecule has 0 aliphatic carbocycles. The Labute approximate surface area is 188 Å². The first-order valence-corrected chi connectivity index (χ1v) is 15.3. The van der Waals surface area contributed by atoms with Gasteiger partial charge in [-0.15, -0.1) is 0 Å². The Morgan fingerprint density at radius 1 is 1.03 bits per heavy atom. The molecule has 0 amide bonds. The second kappa shape index (κ2) is 8.44. The van der Waals surface area contributed by atoms with Crippen molar-refractivity contribution in [2.24, 2.45) is 0 Å². The molecule has 0 saturated carbocycles. The molecule has 0 spiro atoms. The lowest BCUT2D eigenvalue weighted by molar-refractivity contribution is -0.137. The summed E-state index contributed by atoms with van der Waals surface area (Å²) in [4.78, 5) is 0.176. The number of sulfonamides is 1. The average molecular weight is 484 g/mol. The zero-order chi connectivity index (χ0) is 23.9. The van der Waals surface area contributed by atoms with Gasteiger partial charge in [-0.1, -0.05) is 55.2 Å². The summed E-state index contributed by atoms with van der Waals surface area (Å²) < 4.78 is 66.7. The standard InChI is InChI=1S/C23H28F3NO3SSi/c1-17-5-11-21(12-6-17)31(29,30)27-14-13-22(28,20(15-27)16-32(2,3)4)18-7-9-19(10-8-18)23(24,25)26/h5-12,16,28H,13-15H2,1-4H3/b20-16+. The van der Waals surface area contributed by atoms with E-state index in [1.165, 1.54) is 16.4 Å². The molecule has 1 aliphatic rings. The molecule has 1 heterocycles. The van der Waals surface area contributed by atoms with Crippen LogP contribution in [0.2, 0.25) is 19.6 Å². The van der Waals surface area contributed by atoms with Crippen LogP contribution < -0.4 is 0 Å². The van der Waals surface area contributed by atoms with E-state index in [0.717, 1.165) is 17.7 Å². The fraction of sp³-hybridized carbons (Fsp3) is 0.391. The number of nitrogens with zero attached hydrogens (tertiary/aromatic N) is 1. The highest BCUT2D eigenvalue weighted by Gasteiger charge is 2.43. The van der Waals surface area contributed by atoms with Gasteiger partial charge in [-0.05, 0) is 48.7 Å². The molecule has 0 bridgehead atoms. The second-order valence-electron chi connectivity index (χ2n) is 9.37. The van der Waals surface area contributed by atoms with Gasteiger partial charge in [0.15, 0.2) is 0 Å². The molecular formula is C23H28F3NO3SSi. The maximum atomic E-state index is 13.2. The predicted octanol–water partition coefficient (Wildman–Crippen LogP) is 5.10. The van der Waals surface area contributed by atoms with Gasteiger partial charge in [0.1, 0.15) is 5.60 Å². The molecule has 4 nitrogen and oxygen atoms in total. The summed E-state index contributed by atoms with van der Waals surface area (Å²) >= 11 is 0. The highest BCUT2D eigenvalue weighted by Crippen LogP contribution is 2.40. The summed E-state index contributed by atoms with van der Waals surface area (Å²) in [5, 5.41) is 11.6. The maximum absolute atomic E-state index is 13.2. The molecule has 1 saturated heterocycles. The number of aryl methyl sites for hydroxylation is 1. The highest BCUT2D eigenvalue weighted by molar-refractivity contribution is 7.89. The minimum absolute atomic E-state index is 0.0159. The Balaban J connectivity index is 2.00. The fourth-order valence-corrected chi connectivity index (χ4v) is 6.66. The summed E-state index contributed by atoms with van der Waals surface area (Å²) in [5.41, 5.74) is 1.42. The van der Waals surface area contributed by atoms with Gasteiger partial charge < -0.3 is 5.11 Å². The van der Waals surface area contributed by atoms with E-state index in [-0.39, 0.29) is 24.4 Å². The molecule has 1 unspecified atom stereocenters. The van der Waals surface area contributed by atoms with E-state index in [9.17, 15) is 26.7 Å². The van der Waals surface area contributed by atoms with Crippen molar-refractivity contribution < 1.29 is 26.7 Å². The van der Waals surface area contributed by atoms with Crippen LogP contribution in [0.25, 0.3) is 0 Å². The molecular weight excluding hydrogens is 455 g/mol. The number of halogens is 3. The smallest absolute Gasteiger partial charge is 0.381 e. The largest absolute Gasteiger partial charge is 0.416 e. The summed E-state index contributed by atoms with van der Waals surface area (Å²) in [6.07, 6.45) is -4.41. The van der Waals surface area contributed by atoms with Gasteiger partial charge in [0.25, 0.3) is 0 Å². The molecule has 0 aromatic heterocycles. The maximum Gasteiger partial charge on any atom is 0.416 e. The van der Waals surface area contributed by atoms with Crippen molar-refractivity contribution in [3.8, 4) is 0 Å². The SMILES string of the molecule is Cc1ccc(S(=O)(=O)N2CCC(O)(c3ccc(C(F)(F)F)cc3)/C(=C/[Si](C)(C)C)C2)cc1. The van der Waals surface area contributed by atoms with Crippen LogP contribution >= 0.6 is 0 Å². The number of aliphatic hydroxyl groups is 1. The van der Waals surface area contributed by atoms with E-state index < -0.39 is 35.4 Å². The van der Waals surface area contributed by atoms with Crippen molar-refractivity contribution in [2.75, 3.05) is 13.1 Å². The van der Waals surface area contributed by atoms with Crippen molar-refractivity contribution in [2.45, 2.75) is 49.7 Å². The van der Waals surface area contributed by atoms with Crippen molar-refractivity contribution in [3.05, 3.63) is 76.5 Å². The topological polar surface area (TPSA) is 57.6 Å². The Morgan fingerprint density at radius 3 is 2.09 bits per heavy atom. The van der Waals surface area contributed by atoms with Crippen molar-refractivity contribution >= 4 is 18.1 Å². The number of benzene rings is 2. The van der Waals surface area contributed by atoms with E-state index in [0.29, 0.717) is 11.1 Å². The minimum Gasteiger partial charge on any atom is -0.381 e. The molecule has 1 atom stereocenters. The number of alkyl halides is 3. The quantitative estimate of drug-likeness (QED) is 0.616. The Kier molecular flexibility index (Phi) is 6.51. The van der Waals surface area contributed by atoms with Crippen LogP contribution in [0, 0.1) is 6.92 Å². The van der Waals surface area contributed by atoms with Crippen LogP contribution in [-0.2, 0) is 21.8 Å². The first-order valence-electron chi connectivity index (χ1n) is 10.3. The van der Waals surface area contributed by atoms with Gasteiger partial charge >= 0.3 is 6.18 Å². The minimum atomic E-state index is -4.47. The summed E-state index contributed by atoms with van der Waals surface area (Å²) in [7, 11) is -5.68. The molecule has 174 valence electrons. The van der Waals surface area contributed by atoms with Gasteiger partial charge in [0, 0.05) is 13.1 Å². The zero-order valence-electron chi connectivity index (χ0n) is 18.6. The number of piperidine rings is 1. The molecule has 1 fully saturated rings. The van der Waals surface area contributed by atoms with E-state index in [1.807, 2.05) is 12.6 Å². The van der Waals surface area contributed by atoms with Crippen LogP contribution in [-0.4, -0.2) is 39.0 Å². The molecule has 2 aromatic rings. The molecule has 9 heteroatoms.